The SMILES string of the molecule is COc1cc(CC(N)c2ccc(OC)c(OC)c2)ncn1. The van der Waals surface area contributed by atoms with Gasteiger partial charge in [-0.2, -0.15) is 0 Å². The van der Waals surface area contributed by atoms with Gasteiger partial charge in [-0.1, -0.05) is 6.07 Å². The predicted molar refractivity (Wildman–Crippen MR) is 78.8 cm³/mol. The highest BCUT2D eigenvalue weighted by atomic mass is 16.5. The molecule has 1 unspecified atom stereocenters. The van der Waals surface area contributed by atoms with Crippen molar-refractivity contribution in [2.75, 3.05) is 21.3 Å². The van der Waals surface area contributed by atoms with Crippen molar-refractivity contribution >= 4 is 0 Å². The zero-order valence-electron chi connectivity index (χ0n) is 12.4. The molecule has 2 rings (SSSR count). The molecule has 2 aromatic rings. The van der Waals surface area contributed by atoms with Gasteiger partial charge >= 0.3 is 0 Å². The highest BCUT2D eigenvalue weighted by Crippen LogP contribution is 2.30. The van der Waals surface area contributed by atoms with Crippen LogP contribution in [0.1, 0.15) is 17.3 Å². The average molecular weight is 289 g/mol. The Balaban J connectivity index is 2.17. The van der Waals surface area contributed by atoms with Crippen molar-refractivity contribution in [3.63, 3.8) is 0 Å². The van der Waals surface area contributed by atoms with Crippen molar-refractivity contribution in [1.82, 2.24) is 9.97 Å². The van der Waals surface area contributed by atoms with Crippen LogP contribution in [0, 0.1) is 0 Å². The van der Waals surface area contributed by atoms with Gasteiger partial charge in [-0.05, 0) is 17.7 Å². The molecule has 0 bridgehead atoms. The van der Waals surface area contributed by atoms with Crippen molar-refractivity contribution in [2.45, 2.75) is 12.5 Å². The van der Waals surface area contributed by atoms with Gasteiger partial charge in [0.2, 0.25) is 5.88 Å². The number of rotatable bonds is 6. The Labute approximate surface area is 123 Å². The fourth-order valence-corrected chi connectivity index (χ4v) is 2.03. The predicted octanol–water partition coefficient (Wildman–Crippen LogP) is 1.74. The van der Waals surface area contributed by atoms with E-state index >= 15 is 0 Å². The fraction of sp³-hybridized carbons (Fsp3) is 0.333. The first-order valence-electron chi connectivity index (χ1n) is 6.50. The highest BCUT2D eigenvalue weighted by molar-refractivity contribution is 5.44. The molecule has 0 fully saturated rings. The summed E-state index contributed by atoms with van der Waals surface area (Å²) in [5.41, 5.74) is 8.01. The molecule has 21 heavy (non-hydrogen) atoms. The summed E-state index contributed by atoms with van der Waals surface area (Å²) in [6, 6.07) is 7.21. The number of benzene rings is 1. The van der Waals surface area contributed by atoms with Crippen LogP contribution < -0.4 is 19.9 Å². The minimum absolute atomic E-state index is 0.204. The molecule has 0 saturated heterocycles. The zero-order chi connectivity index (χ0) is 15.2. The van der Waals surface area contributed by atoms with Crippen LogP contribution in [0.15, 0.2) is 30.6 Å². The molecule has 1 aromatic heterocycles. The van der Waals surface area contributed by atoms with E-state index in [0.29, 0.717) is 23.8 Å². The molecule has 0 radical (unpaired) electrons. The molecule has 1 aromatic carbocycles. The molecule has 2 N–H and O–H groups in total. The van der Waals surface area contributed by atoms with E-state index in [1.807, 2.05) is 18.2 Å². The topological polar surface area (TPSA) is 79.5 Å². The van der Waals surface area contributed by atoms with Crippen molar-refractivity contribution in [1.29, 1.82) is 0 Å². The lowest BCUT2D eigenvalue weighted by molar-refractivity contribution is 0.354. The summed E-state index contributed by atoms with van der Waals surface area (Å²) in [6.07, 6.45) is 2.05. The first kappa shape index (κ1) is 15.1. The highest BCUT2D eigenvalue weighted by Gasteiger charge is 2.12. The molecular weight excluding hydrogens is 270 g/mol. The van der Waals surface area contributed by atoms with E-state index in [4.69, 9.17) is 19.9 Å². The number of hydrogen-bond acceptors (Lipinski definition) is 6. The average Bonchev–Trinajstić information content (AvgIpc) is 2.54. The first-order valence-corrected chi connectivity index (χ1v) is 6.50. The van der Waals surface area contributed by atoms with Crippen molar-refractivity contribution < 1.29 is 14.2 Å². The normalized spacial score (nSPS) is 11.8. The quantitative estimate of drug-likeness (QED) is 0.872. The molecule has 0 aliphatic rings. The Kier molecular flexibility index (Phi) is 4.94. The summed E-state index contributed by atoms with van der Waals surface area (Å²) in [6.45, 7) is 0. The molecule has 112 valence electrons. The zero-order valence-corrected chi connectivity index (χ0v) is 12.4. The molecule has 1 atom stereocenters. The summed E-state index contributed by atoms with van der Waals surface area (Å²) in [7, 11) is 4.77. The second kappa shape index (κ2) is 6.90. The van der Waals surface area contributed by atoms with E-state index in [9.17, 15) is 0 Å². The van der Waals surface area contributed by atoms with Crippen LogP contribution in [0.5, 0.6) is 17.4 Å². The van der Waals surface area contributed by atoms with Crippen molar-refractivity contribution in [3.05, 3.63) is 41.9 Å². The summed E-state index contributed by atoms with van der Waals surface area (Å²) < 4.78 is 15.6. The molecule has 0 aliphatic heterocycles. The van der Waals surface area contributed by atoms with Gasteiger partial charge in [-0.15, -0.1) is 0 Å². The minimum atomic E-state index is -0.204. The van der Waals surface area contributed by atoms with Gasteiger partial charge < -0.3 is 19.9 Å². The molecule has 0 spiro atoms. The molecule has 0 saturated carbocycles. The lowest BCUT2D eigenvalue weighted by Crippen LogP contribution is -2.14. The molecule has 6 heteroatoms. The van der Waals surface area contributed by atoms with Gasteiger partial charge in [-0.25, -0.2) is 9.97 Å². The van der Waals surface area contributed by atoms with E-state index in [1.165, 1.54) is 6.33 Å². The van der Waals surface area contributed by atoms with E-state index in [-0.39, 0.29) is 6.04 Å². The second-order valence-electron chi connectivity index (χ2n) is 4.48. The lowest BCUT2D eigenvalue weighted by Gasteiger charge is -2.15. The first-order chi connectivity index (χ1) is 10.2. The Morgan fingerprint density at radius 2 is 1.76 bits per heavy atom. The van der Waals surface area contributed by atoms with Crippen LogP contribution in [0.2, 0.25) is 0 Å². The van der Waals surface area contributed by atoms with Crippen molar-refractivity contribution in [3.8, 4) is 17.4 Å². The largest absolute Gasteiger partial charge is 0.493 e. The smallest absolute Gasteiger partial charge is 0.216 e. The molecule has 0 aliphatic carbocycles. The summed E-state index contributed by atoms with van der Waals surface area (Å²) in [4.78, 5) is 8.18. The van der Waals surface area contributed by atoms with E-state index in [1.54, 1.807) is 27.4 Å². The summed E-state index contributed by atoms with van der Waals surface area (Å²) >= 11 is 0. The van der Waals surface area contributed by atoms with Gasteiger partial charge in [-0.3, -0.25) is 0 Å². The number of methoxy groups -OCH3 is 3. The van der Waals surface area contributed by atoms with Crippen LogP contribution in [-0.4, -0.2) is 31.3 Å². The van der Waals surface area contributed by atoms with Crippen LogP contribution in [-0.2, 0) is 6.42 Å². The third kappa shape index (κ3) is 3.61. The standard InChI is InChI=1S/C15H19N3O3/c1-19-13-5-4-10(6-14(13)20-2)12(16)7-11-8-15(21-3)18-9-17-11/h4-6,8-9,12H,7,16H2,1-3H3. The minimum Gasteiger partial charge on any atom is -0.493 e. The monoisotopic (exact) mass is 289 g/mol. The second-order valence-corrected chi connectivity index (χ2v) is 4.48. The third-order valence-corrected chi connectivity index (χ3v) is 3.17. The fourth-order valence-electron chi connectivity index (χ4n) is 2.03. The van der Waals surface area contributed by atoms with Gasteiger partial charge in [0, 0.05) is 24.2 Å². The molecule has 0 amide bonds. The van der Waals surface area contributed by atoms with E-state index in [2.05, 4.69) is 9.97 Å². The van der Waals surface area contributed by atoms with E-state index in [0.717, 1.165) is 11.3 Å². The molecule has 6 nitrogen and oxygen atoms in total. The van der Waals surface area contributed by atoms with Crippen LogP contribution in [0.25, 0.3) is 0 Å². The Morgan fingerprint density at radius 3 is 2.43 bits per heavy atom. The Hall–Kier alpha value is -2.34. The van der Waals surface area contributed by atoms with Gasteiger partial charge in [0.05, 0.1) is 21.3 Å². The van der Waals surface area contributed by atoms with Crippen LogP contribution >= 0.6 is 0 Å². The van der Waals surface area contributed by atoms with Gasteiger partial charge in [0.15, 0.2) is 11.5 Å². The van der Waals surface area contributed by atoms with Gasteiger partial charge in [0.1, 0.15) is 6.33 Å². The van der Waals surface area contributed by atoms with Crippen molar-refractivity contribution in [2.24, 2.45) is 5.73 Å². The number of ether oxygens (including phenoxy) is 3. The maximum atomic E-state index is 6.24. The Morgan fingerprint density at radius 1 is 1.00 bits per heavy atom. The number of aromatic nitrogens is 2. The maximum absolute atomic E-state index is 6.24. The lowest BCUT2D eigenvalue weighted by atomic mass is 10.0. The number of nitrogens with two attached hydrogens (primary N) is 1. The maximum Gasteiger partial charge on any atom is 0.216 e. The van der Waals surface area contributed by atoms with Crippen LogP contribution in [0.4, 0.5) is 0 Å². The third-order valence-electron chi connectivity index (χ3n) is 3.17. The summed E-state index contributed by atoms with van der Waals surface area (Å²) in [5.74, 6) is 1.86. The molecule has 1 heterocycles. The Bertz CT molecular complexity index is 604. The van der Waals surface area contributed by atoms with Crippen LogP contribution in [0.3, 0.4) is 0 Å². The number of hydrogen-bond donors (Lipinski definition) is 1. The van der Waals surface area contributed by atoms with E-state index < -0.39 is 0 Å². The summed E-state index contributed by atoms with van der Waals surface area (Å²) in [5, 5.41) is 0. The molecular formula is C15H19N3O3. The van der Waals surface area contributed by atoms with Gasteiger partial charge in [0.25, 0.3) is 0 Å². The number of nitrogens with zero attached hydrogens (tertiary/aromatic N) is 2.